The molecule has 1 unspecified atom stereocenters. The van der Waals surface area contributed by atoms with E-state index in [1.54, 1.807) is 24.3 Å². The smallest absolute Gasteiger partial charge is 0.316 e. The molecule has 0 fully saturated rings. The van der Waals surface area contributed by atoms with Gasteiger partial charge in [-0.2, -0.15) is 0 Å². The average molecular weight is 278 g/mol. The molecule has 0 aliphatic heterocycles. The van der Waals surface area contributed by atoms with Crippen molar-refractivity contribution in [2.24, 2.45) is 0 Å². The van der Waals surface area contributed by atoms with Gasteiger partial charge in [-0.25, -0.2) is 8.78 Å². The molecule has 0 saturated heterocycles. The van der Waals surface area contributed by atoms with Gasteiger partial charge in [0, 0.05) is 5.56 Å². The van der Waals surface area contributed by atoms with Crippen LogP contribution >= 0.6 is 0 Å². The lowest BCUT2D eigenvalue weighted by Gasteiger charge is -2.12. The Bertz CT molecular complexity index is 680. The normalized spacial score (nSPS) is 12.6. The number of hydrogen-bond acceptors (Lipinski definition) is 2. The number of fused-ring (bicyclic) bond motifs is 1. The fourth-order valence-corrected chi connectivity index (χ4v) is 2.07. The summed E-state index contributed by atoms with van der Waals surface area (Å²) in [5.74, 6) is -3.49. The van der Waals surface area contributed by atoms with Gasteiger partial charge in [0.1, 0.15) is 5.92 Å². The van der Waals surface area contributed by atoms with Gasteiger partial charge in [-0.05, 0) is 29.3 Å². The lowest BCUT2D eigenvalue weighted by Crippen LogP contribution is -2.19. The van der Waals surface area contributed by atoms with Gasteiger partial charge in [-0.15, -0.1) is 0 Å². The number of halogens is 2. The monoisotopic (exact) mass is 278 g/mol. The van der Waals surface area contributed by atoms with Crippen LogP contribution in [0.25, 0.3) is 10.8 Å². The van der Waals surface area contributed by atoms with E-state index in [4.69, 9.17) is 5.11 Å². The average Bonchev–Trinajstić information content (AvgIpc) is 2.37. The van der Waals surface area contributed by atoms with Crippen LogP contribution in [0, 0.1) is 0 Å². The Morgan fingerprint density at radius 1 is 1.05 bits per heavy atom. The number of carboxylic acid groups (broad SMARTS) is 1. The Morgan fingerprint density at radius 3 is 2.20 bits per heavy atom. The largest absolute Gasteiger partial charge is 0.481 e. The Labute approximate surface area is 113 Å². The number of hydrogen-bond donors (Lipinski definition) is 1. The van der Waals surface area contributed by atoms with Crippen molar-refractivity contribution in [2.75, 3.05) is 0 Å². The van der Waals surface area contributed by atoms with Crippen molar-refractivity contribution in [3.05, 3.63) is 47.5 Å². The van der Waals surface area contributed by atoms with Gasteiger partial charge in [0.2, 0.25) is 0 Å². The van der Waals surface area contributed by atoms with Crippen LogP contribution in [0.2, 0.25) is 0 Å². The van der Waals surface area contributed by atoms with Crippen molar-refractivity contribution in [2.45, 2.75) is 19.3 Å². The van der Waals surface area contributed by atoms with Crippen molar-refractivity contribution in [3.63, 3.8) is 0 Å². The van der Waals surface area contributed by atoms with Crippen LogP contribution < -0.4 is 0 Å². The van der Waals surface area contributed by atoms with Gasteiger partial charge in [0.25, 0.3) is 6.43 Å². The van der Waals surface area contributed by atoms with Gasteiger partial charge in [0.05, 0.1) is 0 Å². The summed E-state index contributed by atoms with van der Waals surface area (Å²) >= 11 is 0. The Hall–Kier alpha value is -2.30. The molecule has 5 heteroatoms. The first-order chi connectivity index (χ1) is 9.40. The number of carboxylic acids is 1. The summed E-state index contributed by atoms with van der Waals surface area (Å²) in [5, 5.41) is 10.2. The zero-order valence-electron chi connectivity index (χ0n) is 10.6. The highest BCUT2D eigenvalue weighted by Crippen LogP contribution is 2.27. The van der Waals surface area contributed by atoms with Crippen LogP contribution in [0.4, 0.5) is 8.78 Å². The van der Waals surface area contributed by atoms with Gasteiger partial charge < -0.3 is 5.11 Å². The van der Waals surface area contributed by atoms with Crippen molar-refractivity contribution >= 4 is 22.5 Å². The van der Waals surface area contributed by atoms with E-state index < -0.39 is 18.3 Å². The number of ketones is 1. The maximum absolute atomic E-state index is 12.8. The molecular weight excluding hydrogens is 266 g/mol. The summed E-state index contributed by atoms with van der Waals surface area (Å²) in [6.07, 6.45) is -2.97. The number of Topliss-reactive ketones (excluding diaryl/α,β-unsaturated/α-hetero) is 1. The molecule has 0 aliphatic rings. The lowest BCUT2D eigenvalue weighted by molar-refractivity contribution is -0.142. The molecule has 104 valence electrons. The van der Waals surface area contributed by atoms with Crippen LogP contribution in [0.3, 0.4) is 0 Å². The molecule has 0 radical (unpaired) electrons. The predicted octanol–water partition coefficient (Wildman–Crippen LogP) is 3.48. The number of rotatable bonds is 4. The molecule has 1 atom stereocenters. The second kappa shape index (κ2) is 5.36. The molecule has 0 saturated carbocycles. The molecule has 0 bridgehead atoms. The maximum atomic E-state index is 12.8. The summed E-state index contributed by atoms with van der Waals surface area (Å²) in [6, 6.07) is 9.20. The van der Waals surface area contributed by atoms with Crippen LogP contribution in [0.5, 0.6) is 0 Å². The summed E-state index contributed by atoms with van der Waals surface area (Å²) in [5.41, 5.74) is 0.574. The fraction of sp³-hybridized carbons (Fsp3) is 0.200. The van der Waals surface area contributed by atoms with E-state index in [0.29, 0.717) is 16.3 Å². The lowest BCUT2D eigenvalue weighted by atomic mass is 9.95. The van der Waals surface area contributed by atoms with Crippen LogP contribution in [-0.2, 0) is 4.79 Å². The summed E-state index contributed by atoms with van der Waals surface area (Å²) in [7, 11) is 0. The molecule has 0 aromatic heterocycles. The van der Waals surface area contributed by atoms with E-state index in [9.17, 15) is 18.4 Å². The third kappa shape index (κ3) is 2.66. The Kier molecular flexibility index (Phi) is 3.79. The molecule has 2 rings (SSSR count). The van der Waals surface area contributed by atoms with Crippen molar-refractivity contribution in [1.29, 1.82) is 0 Å². The molecule has 3 nitrogen and oxygen atoms in total. The SMILES string of the molecule is CC(=O)c1ccc2cc(C(C(=O)O)C(F)F)ccc2c1. The van der Waals surface area contributed by atoms with Crippen molar-refractivity contribution in [1.82, 2.24) is 0 Å². The molecule has 1 N–H and O–H groups in total. The molecular formula is C15H12F2O3. The standard InChI is InChI=1S/C15H12F2O3/c1-8(18)9-2-3-11-7-12(5-4-10(11)6-9)13(14(16)17)15(19)20/h2-7,13-14H,1H3,(H,19,20). The number of carbonyl (C=O) groups excluding carboxylic acids is 1. The number of alkyl halides is 2. The van der Waals surface area contributed by atoms with E-state index >= 15 is 0 Å². The zero-order chi connectivity index (χ0) is 14.9. The number of benzene rings is 2. The van der Waals surface area contributed by atoms with Gasteiger partial charge >= 0.3 is 5.97 Å². The van der Waals surface area contributed by atoms with E-state index in [2.05, 4.69) is 0 Å². The third-order valence-electron chi connectivity index (χ3n) is 3.15. The summed E-state index contributed by atoms with van der Waals surface area (Å²) < 4.78 is 25.6. The second-order valence-electron chi connectivity index (χ2n) is 4.53. The maximum Gasteiger partial charge on any atom is 0.316 e. The fourth-order valence-electron chi connectivity index (χ4n) is 2.07. The Balaban J connectivity index is 2.51. The quantitative estimate of drug-likeness (QED) is 0.871. The van der Waals surface area contributed by atoms with Crippen LogP contribution in [0.15, 0.2) is 36.4 Å². The highest BCUT2D eigenvalue weighted by molar-refractivity contribution is 5.98. The van der Waals surface area contributed by atoms with E-state index in [1.807, 2.05) is 0 Å². The summed E-state index contributed by atoms with van der Waals surface area (Å²) in [4.78, 5) is 22.2. The first-order valence-corrected chi connectivity index (χ1v) is 5.96. The topological polar surface area (TPSA) is 54.4 Å². The summed E-state index contributed by atoms with van der Waals surface area (Å²) in [6.45, 7) is 1.44. The van der Waals surface area contributed by atoms with Crippen LogP contribution in [-0.4, -0.2) is 23.3 Å². The minimum Gasteiger partial charge on any atom is -0.481 e. The molecule has 2 aromatic carbocycles. The Morgan fingerprint density at radius 2 is 1.65 bits per heavy atom. The number of aliphatic carboxylic acids is 1. The predicted molar refractivity (Wildman–Crippen MR) is 70.3 cm³/mol. The molecule has 0 spiro atoms. The first-order valence-electron chi connectivity index (χ1n) is 5.96. The highest BCUT2D eigenvalue weighted by Gasteiger charge is 2.29. The van der Waals surface area contributed by atoms with Crippen molar-refractivity contribution in [3.8, 4) is 0 Å². The van der Waals surface area contributed by atoms with Gasteiger partial charge in [0.15, 0.2) is 5.78 Å². The first kappa shape index (κ1) is 14.1. The van der Waals surface area contributed by atoms with Gasteiger partial charge in [-0.1, -0.05) is 30.3 Å². The van der Waals surface area contributed by atoms with Crippen LogP contribution in [0.1, 0.15) is 28.8 Å². The minimum absolute atomic E-state index is 0.0515. The molecule has 20 heavy (non-hydrogen) atoms. The van der Waals surface area contributed by atoms with E-state index in [-0.39, 0.29) is 11.3 Å². The molecule has 0 heterocycles. The van der Waals surface area contributed by atoms with Crippen molar-refractivity contribution < 1.29 is 23.5 Å². The second-order valence-corrected chi connectivity index (χ2v) is 4.53. The molecule has 0 amide bonds. The molecule has 0 aliphatic carbocycles. The zero-order valence-corrected chi connectivity index (χ0v) is 10.6. The molecule has 2 aromatic rings. The van der Waals surface area contributed by atoms with Gasteiger partial charge in [-0.3, -0.25) is 9.59 Å². The third-order valence-corrected chi connectivity index (χ3v) is 3.15. The van der Waals surface area contributed by atoms with E-state index in [1.165, 1.54) is 19.1 Å². The van der Waals surface area contributed by atoms with E-state index in [0.717, 1.165) is 0 Å². The number of carbonyl (C=O) groups is 2. The minimum atomic E-state index is -2.97. The highest BCUT2D eigenvalue weighted by atomic mass is 19.3.